The molecule has 1 unspecified atom stereocenters. The smallest absolute Gasteiger partial charge is 0.410 e. The quantitative estimate of drug-likeness (QED) is 0.201. The van der Waals surface area contributed by atoms with Crippen LogP contribution >= 0.6 is 22.6 Å². The first-order valence-corrected chi connectivity index (χ1v) is 17.5. The minimum absolute atomic E-state index is 0.0298. The number of nitrogens with zero attached hydrogens (tertiary/aromatic N) is 1. The lowest BCUT2D eigenvalue weighted by molar-refractivity contribution is -0.126. The van der Waals surface area contributed by atoms with E-state index in [4.69, 9.17) is 9.16 Å². The van der Waals surface area contributed by atoms with Crippen molar-refractivity contribution in [1.29, 1.82) is 0 Å². The van der Waals surface area contributed by atoms with Gasteiger partial charge in [-0.2, -0.15) is 0 Å². The first-order chi connectivity index (χ1) is 19.1. The van der Waals surface area contributed by atoms with Crippen molar-refractivity contribution in [3.05, 3.63) is 60.7 Å². The van der Waals surface area contributed by atoms with E-state index in [1.54, 1.807) is 20.8 Å². The van der Waals surface area contributed by atoms with Crippen LogP contribution in [-0.2, 0) is 14.0 Å². The second-order valence-corrected chi connectivity index (χ2v) is 18.1. The largest absolute Gasteiger partial charge is 0.444 e. The first kappa shape index (κ1) is 33.4. The second kappa shape index (κ2) is 13.5. The minimum atomic E-state index is -3.14. The molecule has 0 saturated carbocycles. The highest BCUT2D eigenvalue weighted by Gasteiger charge is 2.51. The average Bonchev–Trinajstić information content (AvgIpc) is 2.85. The molecule has 2 amide bonds. The van der Waals surface area contributed by atoms with Crippen molar-refractivity contribution in [1.82, 2.24) is 10.2 Å². The molecule has 2 atom stereocenters. The maximum Gasteiger partial charge on any atom is 0.410 e. The molecule has 226 valence electrons. The monoisotopic (exact) mass is 700 g/mol. The van der Waals surface area contributed by atoms with E-state index in [-0.39, 0.29) is 23.9 Å². The van der Waals surface area contributed by atoms with Gasteiger partial charge in [-0.1, -0.05) is 104 Å². The summed E-state index contributed by atoms with van der Waals surface area (Å²) in [6.07, 6.45) is -1.12. The molecule has 2 aromatic rings. The van der Waals surface area contributed by atoms with Crippen LogP contribution in [0.15, 0.2) is 60.7 Å². The van der Waals surface area contributed by atoms with Gasteiger partial charge in [-0.15, -0.1) is 0 Å². The lowest BCUT2D eigenvalue weighted by Gasteiger charge is -2.45. The van der Waals surface area contributed by atoms with Crippen LogP contribution in [-0.4, -0.2) is 66.4 Å². The molecule has 0 bridgehead atoms. The van der Waals surface area contributed by atoms with E-state index < -0.39 is 51.0 Å². The molecule has 1 saturated heterocycles. The zero-order valence-electron chi connectivity index (χ0n) is 24.9. The summed E-state index contributed by atoms with van der Waals surface area (Å²) < 4.78 is 42.5. The summed E-state index contributed by atoms with van der Waals surface area (Å²) in [5.41, 5.74) is -0.812. The van der Waals surface area contributed by atoms with Gasteiger partial charge in [0.05, 0.1) is 25.1 Å². The van der Waals surface area contributed by atoms with Crippen LogP contribution < -0.4 is 15.7 Å². The number of amides is 2. The SMILES string of the molecule is CC(C)(C)OC(=O)N1C[C@H](NC(=O)CC(CCI)O[Si](c2ccccc2)(c2ccccc2)C(C)(C)C)CC(F)(F)C1. The van der Waals surface area contributed by atoms with E-state index in [2.05, 4.69) is 72.9 Å². The van der Waals surface area contributed by atoms with Gasteiger partial charge in [0.2, 0.25) is 5.91 Å². The molecule has 1 fully saturated rings. The standard InChI is InChI=1S/C31H43F2IN2O4Si/c1-29(2,3)39-28(38)36-21-23(20-31(32,33)22-36)35-27(37)19-24(17-18-34)40-41(30(4,5)6,25-13-9-7-10-14-25)26-15-11-8-12-16-26/h7-16,23-24H,17-22H2,1-6H3,(H,35,37)/t23-,24?/m1/s1. The molecular weight excluding hydrogens is 657 g/mol. The van der Waals surface area contributed by atoms with Gasteiger partial charge in [-0.25, -0.2) is 13.6 Å². The molecule has 1 aliphatic heterocycles. The summed E-state index contributed by atoms with van der Waals surface area (Å²) in [5, 5.41) is 4.73. The number of alkyl halides is 3. The summed E-state index contributed by atoms with van der Waals surface area (Å²) >= 11 is 2.28. The molecule has 3 rings (SSSR count). The summed E-state index contributed by atoms with van der Waals surface area (Å²) in [6.45, 7) is 10.8. The number of nitrogens with one attached hydrogen (secondary N) is 1. The summed E-state index contributed by atoms with van der Waals surface area (Å²) in [7, 11) is -2.91. The number of benzene rings is 2. The van der Waals surface area contributed by atoms with Gasteiger partial charge in [0.25, 0.3) is 14.2 Å². The van der Waals surface area contributed by atoms with Gasteiger partial charge in [0, 0.05) is 17.4 Å². The van der Waals surface area contributed by atoms with Crippen molar-refractivity contribution in [3.8, 4) is 0 Å². The zero-order valence-corrected chi connectivity index (χ0v) is 28.0. The van der Waals surface area contributed by atoms with Crippen LogP contribution in [0.4, 0.5) is 13.6 Å². The summed E-state index contributed by atoms with van der Waals surface area (Å²) in [4.78, 5) is 26.9. The Labute approximate surface area is 257 Å². The van der Waals surface area contributed by atoms with Gasteiger partial charge in [0.1, 0.15) is 5.60 Å². The second-order valence-electron chi connectivity index (χ2n) is 12.8. The molecule has 6 nitrogen and oxygen atoms in total. The Bertz CT molecular complexity index is 1120. The van der Waals surface area contributed by atoms with E-state index in [0.29, 0.717) is 6.42 Å². The first-order valence-electron chi connectivity index (χ1n) is 14.1. The number of carbonyl (C=O) groups is 2. The van der Waals surface area contributed by atoms with Crippen molar-refractivity contribution >= 4 is 53.3 Å². The van der Waals surface area contributed by atoms with E-state index in [0.717, 1.165) is 19.7 Å². The Hall–Kier alpha value is -2.05. The highest BCUT2D eigenvalue weighted by Crippen LogP contribution is 2.38. The fourth-order valence-electron chi connectivity index (χ4n) is 5.42. The maximum atomic E-state index is 14.6. The number of hydrogen-bond donors (Lipinski definition) is 1. The molecule has 1 aliphatic rings. The van der Waals surface area contributed by atoms with Crippen molar-refractivity contribution in [2.45, 2.75) is 89.5 Å². The molecule has 1 heterocycles. The third-order valence-corrected chi connectivity index (χ3v) is 12.7. The number of carbonyl (C=O) groups excluding carboxylic acids is 2. The van der Waals surface area contributed by atoms with Crippen molar-refractivity contribution < 1.29 is 27.5 Å². The molecule has 2 aromatic carbocycles. The third kappa shape index (κ3) is 8.97. The summed E-state index contributed by atoms with van der Waals surface area (Å²) in [6, 6.07) is 19.5. The van der Waals surface area contributed by atoms with Gasteiger partial charge < -0.3 is 19.4 Å². The Kier molecular flexibility index (Phi) is 11.0. The topological polar surface area (TPSA) is 67.9 Å². The Morgan fingerprint density at radius 3 is 2.02 bits per heavy atom. The van der Waals surface area contributed by atoms with Crippen molar-refractivity contribution in [2.24, 2.45) is 0 Å². The van der Waals surface area contributed by atoms with Crippen LogP contribution in [0.2, 0.25) is 5.04 Å². The van der Waals surface area contributed by atoms with Crippen molar-refractivity contribution in [3.63, 3.8) is 0 Å². The van der Waals surface area contributed by atoms with Crippen molar-refractivity contribution in [2.75, 3.05) is 17.5 Å². The molecule has 0 spiro atoms. The minimum Gasteiger partial charge on any atom is -0.444 e. The number of rotatable bonds is 9. The van der Waals surface area contributed by atoms with Gasteiger partial charge in [-0.3, -0.25) is 4.79 Å². The maximum absolute atomic E-state index is 14.6. The van der Waals surface area contributed by atoms with E-state index in [1.165, 1.54) is 0 Å². The number of likely N-dealkylation sites (tertiary alicyclic amines) is 1. The third-order valence-electron chi connectivity index (χ3n) is 7.03. The Balaban J connectivity index is 1.85. The predicted octanol–water partition coefficient (Wildman–Crippen LogP) is 5.91. The number of piperidine rings is 1. The summed E-state index contributed by atoms with van der Waals surface area (Å²) in [5.74, 6) is -3.51. The number of ether oxygens (including phenoxy) is 1. The fraction of sp³-hybridized carbons (Fsp3) is 0.548. The lowest BCUT2D eigenvalue weighted by Crippen LogP contribution is -2.68. The van der Waals surface area contributed by atoms with Crippen LogP contribution in [0.25, 0.3) is 0 Å². The fourth-order valence-corrected chi connectivity index (χ4v) is 10.8. The van der Waals surface area contributed by atoms with Crippen LogP contribution in [0, 0.1) is 0 Å². The molecule has 41 heavy (non-hydrogen) atoms. The number of halogens is 3. The Morgan fingerprint density at radius 1 is 1.02 bits per heavy atom. The average molecular weight is 701 g/mol. The van der Waals surface area contributed by atoms with Gasteiger partial charge >= 0.3 is 6.09 Å². The van der Waals surface area contributed by atoms with Crippen LogP contribution in [0.5, 0.6) is 0 Å². The molecule has 0 aliphatic carbocycles. The molecule has 10 heteroatoms. The molecule has 0 radical (unpaired) electrons. The van der Waals surface area contributed by atoms with Crippen LogP contribution in [0.1, 0.15) is 60.8 Å². The molecule has 1 N–H and O–H groups in total. The zero-order chi connectivity index (χ0) is 30.5. The van der Waals surface area contributed by atoms with Crippen LogP contribution in [0.3, 0.4) is 0 Å². The number of hydrogen-bond acceptors (Lipinski definition) is 4. The van der Waals surface area contributed by atoms with Gasteiger partial charge in [-0.05, 0) is 42.6 Å². The normalized spacial score (nSPS) is 18.5. The Morgan fingerprint density at radius 2 is 1.56 bits per heavy atom. The highest BCUT2D eigenvalue weighted by atomic mass is 127. The van der Waals surface area contributed by atoms with E-state index >= 15 is 0 Å². The van der Waals surface area contributed by atoms with E-state index in [9.17, 15) is 18.4 Å². The predicted molar refractivity (Wildman–Crippen MR) is 170 cm³/mol. The van der Waals surface area contributed by atoms with Gasteiger partial charge in [0.15, 0.2) is 0 Å². The lowest BCUT2D eigenvalue weighted by atomic mass is 10.0. The molecular formula is C31H43F2IN2O4Si. The molecule has 0 aromatic heterocycles. The highest BCUT2D eigenvalue weighted by molar-refractivity contribution is 14.1. The van der Waals surface area contributed by atoms with E-state index in [1.807, 2.05) is 36.4 Å².